The van der Waals surface area contributed by atoms with Crippen molar-refractivity contribution < 1.29 is 0 Å². The summed E-state index contributed by atoms with van der Waals surface area (Å²) in [6.45, 7) is 4.12. The van der Waals surface area contributed by atoms with Gasteiger partial charge in [0.05, 0.1) is 6.20 Å². The number of benzene rings is 1. The fourth-order valence-corrected chi connectivity index (χ4v) is 3.23. The van der Waals surface area contributed by atoms with Crippen molar-refractivity contribution in [3.05, 3.63) is 65.6 Å². The van der Waals surface area contributed by atoms with Crippen molar-refractivity contribution in [2.45, 2.75) is 6.54 Å². The van der Waals surface area contributed by atoms with Crippen LogP contribution in [0.1, 0.15) is 5.56 Å². The first-order valence-electron chi connectivity index (χ1n) is 8.86. The van der Waals surface area contributed by atoms with E-state index in [-0.39, 0.29) is 0 Å². The highest BCUT2D eigenvalue weighted by molar-refractivity contribution is 6.30. The smallest absolute Gasteiger partial charge is 0.247 e. The minimum atomic E-state index is 0.653. The lowest BCUT2D eigenvalue weighted by atomic mass is 10.2. The molecule has 0 atom stereocenters. The summed E-state index contributed by atoms with van der Waals surface area (Å²) in [5, 5.41) is 12.4. The predicted octanol–water partition coefficient (Wildman–Crippen LogP) is 2.86. The lowest BCUT2D eigenvalue weighted by Crippen LogP contribution is -2.47. The predicted molar refractivity (Wildman–Crippen MR) is 107 cm³/mol. The van der Waals surface area contributed by atoms with Crippen LogP contribution in [0.5, 0.6) is 0 Å². The van der Waals surface area contributed by atoms with Crippen molar-refractivity contribution in [3.8, 4) is 0 Å². The minimum absolute atomic E-state index is 0.653. The van der Waals surface area contributed by atoms with Gasteiger partial charge in [-0.05, 0) is 35.9 Å². The van der Waals surface area contributed by atoms with Crippen LogP contribution < -0.4 is 15.1 Å². The zero-order valence-electron chi connectivity index (χ0n) is 14.8. The molecule has 0 spiro atoms. The molecule has 1 fully saturated rings. The molecular formula is C19H20ClN7. The number of hydrogen-bond donors (Lipinski definition) is 1. The second-order valence-corrected chi connectivity index (χ2v) is 6.74. The number of pyridine rings is 1. The molecule has 1 aliphatic heterocycles. The minimum Gasteiger partial charge on any atom is -0.368 e. The maximum Gasteiger partial charge on any atom is 0.247 e. The third-order valence-corrected chi connectivity index (χ3v) is 4.74. The van der Waals surface area contributed by atoms with E-state index in [2.05, 4.69) is 41.3 Å². The van der Waals surface area contributed by atoms with Crippen molar-refractivity contribution in [3.63, 3.8) is 0 Å². The van der Waals surface area contributed by atoms with Gasteiger partial charge in [0.1, 0.15) is 0 Å². The van der Waals surface area contributed by atoms with E-state index in [4.69, 9.17) is 11.6 Å². The van der Waals surface area contributed by atoms with E-state index in [9.17, 15) is 0 Å². The Morgan fingerprint density at radius 1 is 1.00 bits per heavy atom. The molecule has 1 aromatic carbocycles. The molecule has 138 valence electrons. The standard InChI is InChI=1S/C19H20ClN7/c20-16-2-1-3-17(12-16)26-8-10-27(11-9-26)19-24-18(14-23-25-19)22-13-15-4-6-21-7-5-15/h1-7,12,14H,8-11,13H2,(H,22,24,25). The molecule has 2 aromatic heterocycles. The Kier molecular flexibility index (Phi) is 5.29. The van der Waals surface area contributed by atoms with E-state index in [0.717, 1.165) is 42.5 Å². The van der Waals surface area contributed by atoms with Crippen LogP contribution in [-0.4, -0.2) is 46.3 Å². The number of nitrogens with zero attached hydrogens (tertiary/aromatic N) is 6. The largest absolute Gasteiger partial charge is 0.368 e. The highest BCUT2D eigenvalue weighted by Crippen LogP contribution is 2.22. The van der Waals surface area contributed by atoms with Gasteiger partial charge in [0, 0.05) is 55.8 Å². The average Bonchev–Trinajstić information content (AvgIpc) is 2.73. The SMILES string of the molecule is Clc1cccc(N2CCN(c3nncc(NCc4ccncc4)n3)CC2)c1. The molecule has 8 heteroatoms. The lowest BCUT2D eigenvalue weighted by molar-refractivity contribution is 0.635. The van der Waals surface area contributed by atoms with Gasteiger partial charge in [-0.3, -0.25) is 4.98 Å². The third-order valence-electron chi connectivity index (χ3n) is 4.51. The van der Waals surface area contributed by atoms with E-state index in [1.807, 2.05) is 30.3 Å². The van der Waals surface area contributed by atoms with Crippen molar-refractivity contribution in [2.24, 2.45) is 0 Å². The molecule has 1 aliphatic rings. The summed E-state index contributed by atoms with van der Waals surface area (Å²) in [4.78, 5) is 13.1. The zero-order chi connectivity index (χ0) is 18.5. The Bertz CT molecular complexity index is 882. The summed E-state index contributed by atoms with van der Waals surface area (Å²) in [6, 6.07) is 11.9. The van der Waals surface area contributed by atoms with Crippen LogP contribution in [0.15, 0.2) is 55.0 Å². The number of hydrogen-bond acceptors (Lipinski definition) is 7. The first kappa shape index (κ1) is 17.5. The van der Waals surface area contributed by atoms with E-state index in [1.54, 1.807) is 18.6 Å². The van der Waals surface area contributed by atoms with Gasteiger partial charge in [-0.2, -0.15) is 10.1 Å². The quantitative estimate of drug-likeness (QED) is 0.728. The molecule has 3 aromatic rings. The molecule has 0 aliphatic carbocycles. The lowest BCUT2D eigenvalue weighted by Gasteiger charge is -2.36. The van der Waals surface area contributed by atoms with Crippen LogP contribution in [0.25, 0.3) is 0 Å². The van der Waals surface area contributed by atoms with Crippen molar-refractivity contribution >= 4 is 29.1 Å². The molecule has 27 heavy (non-hydrogen) atoms. The number of piperazine rings is 1. The molecule has 0 radical (unpaired) electrons. The van der Waals surface area contributed by atoms with Gasteiger partial charge in [-0.15, -0.1) is 5.10 Å². The van der Waals surface area contributed by atoms with Gasteiger partial charge in [0.15, 0.2) is 5.82 Å². The van der Waals surface area contributed by atoms with Crippen molar-refractivity contribution in [1.82, 2.24) is 20.2 Å². The van der Waals surface area contributed by atoms with Crippen LogP contribution in [0, 0.1) is 0 Å². The molecule has 4 rings (SSSR count). The fraction of sp³-hybridized carbons (Fsp3) is 0.263. The van der Waals surface area contributed by atoms with Crippen molar-refractivity contribution in [2.75, 3.05) is 41.3 Å². The third kappa shape index (κ3) is 4.43. The zero-order valence-corrected chi connectivity index (χ0v) is 15.5. The van der Waals surface area contributed by atoms with Gasteiger partial charge in [-0.1, -0.05) is 17.7 Å². The van der Waals surface area contributed by atoms with Gasteiger partial charge < -0.3 is 15.1 Å². The molecule has 0 unspecified atom stereocenters. The van der Waals surface area contributed by atoms with Crippen molar-refractivity contribution in [1.29, 1.82) is 0 Å². The van der Waals surface area contributed by atoms with Gasteiger partial charge in [0.25, 0.3) is 0 Å². The normalized spacial score (nSPS) is 14.3. The molecule has 3 heterocycles. The average molecular weight is 382 g/mol. The van der Waals surface area contributed by atoms with E-state index < -0.39 is 0 Å². The van der Waals surface area contributed by atoms with E-state index >= 15 is 0 Å². The maximum absolute atomic E-state index is 6.10. The molecule has 1 saturated heterocycles. The molecule has 0 saturated carbocycles. The Labute approximate surface area is 163 Å². The van der Waals surface area contributed by atoms with E-state index in [0.29, 0.717) is 18.3 Å². The number of aromatic nitrogens is 4. The molecule has 1 N–H and O–H groups in total. The first-order valence-corrected chi connectivity index (χ1v) is 9.24. The van der Waals surface area contributed by atoms with Gasteiger partial charge in [-0.25, -0.2) is 0 Å². The molecule has 7 nitrogen and oxygen atoms in total. The summed E-state index contributed by atoms with van der Waals surface area (Å²) >= 11 is 6.10. The summed E-state index contributed by atoms with van der Waals surface area (Å²) in [6.07, 6.45) is 5.20. The Morgan fingerprint density at radius 3 is 2.56 bits per heavy atom. The first-order chi connectivity index (χ1) is 13.3. The fourth-order valence-electron chi connectivity index (χ4n) is 3.04. The second kappa shape index (κ2) is 8.18. The molecule has 0 bridgehead atoms. The van der Waals surface area contributed by atoms with Crippen LogP contribution in [0.2, 0.25) is 5.02 Å². The Hall–Kier alpha value is -2.93. The summed E-state index contributed by atoms with van der Waals surface area (Å²) in [7, 11) is 0. The van der Waals surface area contributed by atoms with Crippen LogP contribution in [-0.2, 0) is 6.54 Å². The number of rotatable bonds is 5. The second-order valence-electron chi connectivity index (χ2n) is 6.30. The van der Waals surface area contributed by atoms with Gasteiger partial charge in [0.2, 0.25) is 5.95 Å². The summed E-state index contributed by atoms with van der Waals surface area (Å²) in [5.41, 5.74) is 2.29. The molecular weight excluding hydrogens is 362 g/mol. The van der Waals surface area contributed by atoms with Gasteiger partial charge >= 0.3 is 0 Å². The van der Waals surface area contributed by atoms with Crippen LogP contribution >= 0.6 is 11.6 Å². The number of nitrogens with one attached hydrogen (secondary N) is 1. The highest BCUT2D eigenvalue weighted by atomic mass is 35.5. The van der Waals surface area contributed by atoms with Crippen LogP contribution in [0.4, 0.5) is 17.5 Å². The Morgan fingerprint density at radius 2 is 1.78 bits per heavy atom. The van der Waals surface area contributed by atoms with E-state index in [1.165, 1.54) is 0 Å². The molecule has 0 amide bonds. The topological polar surface area (TPSA) is 70.1 Å². The Balaban J connectivity index is 1.37. The maximum atomic E-state index is 6.10. The summed E-state index contributed by atoms with van der Waals surface area (Å²) in [5.74, 6) is 1.37. The number of anilines is 3. The monoisotopic (exact) mass is 381 g/mol. The highest BCUT2D eigenvalue weighted by Gasteiger charge is 2.20. The number of halogens is 1. The summed E-state index contributed by atoms with van der Waals surface area (Å²) < 4.78 is 0. The van der Waals surface area contributed by atoms with Crippen LogP contribution in [0.3, 0.4) is 0 Å².